The minimum absolute atomic E-state index is 0.0886. The van der Waals surface area contributed by atoms with Crippen molar-refractivity contribution in [3.63, 3.8) is 0 Å². The minimum atomic E-state index is 0.0886. The summed E-state index contributed by atoms with van der Waals surface area (Å²) in [7, 11) is 0. The molecule has 0 aromatic heterocycles. The van der Waals surface area contributed by atoms with E-state index < -0.39 is 0 Å². The number of rotatable bonds is 2. The molecule has 0 amide bonds. The number of anilines is 2. The maximum absolute atomic E-state index is 11.2. The first kappa shape index (κ1) is 9.46. The molecule has 4 heteroatoms. The van der Waals surface area contributed by atoms with E-state index in [1.54, 1.807) is 18.2 Å². The summed E-state index contributed by atoms with van der Waals surface area (Å²) in [6.07, 6.45) is 0. The molecule has 0 aliphatic carbocycles. The number of hydrogen-bond donors (Lipinski definition) is 2. The Balaban J connectivity index is 3.08. The van der Waals surface area contributed by atoms with Gasteiger partial charge in [-0.15, -0.1) is 0 Å². The van der Waals surface area contributed by atoms with Crippen LogP contribution in [0.3, 0.4) is 0 Å². The average Bonchev–Trinajstić information content (AvgIpc) is 2.01. The van der Waals surface area contributed by atoms with Gasteiger partial charge in [0.2, 0.25) is 0 Å². The Morgan fingerprint density at radius 1 is 1.25 bits per heavy atom. The monoisotopic (exact) mass is 359 g/mol. The molecule has 0 unspecified atom stereocenters. The van der Waals surface area contributed by atoms with Crippen LogP contribution in [0.15, 0.2) is 18.2 Å². The molecule has 3 nitrogen and oxygen atoms in total. The third kappa shape index (κ3) is 2.18. The molecular formula is C8H9AtN2O. The van der Waals surface area contributed by atoms with Crippen LogP contribution in [-0.2, 0) is 0 Å². The Hall–Kier alpha value is -0.627. The normalized spacial score (nSPS) is 9.75. The molecule has 1 aromatic rings. The van der Waals surface area contributed by atoms with Crippen molar-refractivity contribution in [2.45, 2.75) is 4.13 Å². The number of carbonyl (C=O) groups is 1. The Kier molecular flexibility index (Phi) is 3.04. The van der Waals surface area contributed by atoms with Crippen molar-refractivity contribution in [3.8, 4) is 0 Å². The van der Waals surface area contributed by atoms with Gasteiger partial charge in [-0.1, -0.05) is 0 Å². The molecule has 0 heterocycles. The fourth-order valence-corrected chi connectivity index (χ4v) is 1.51. The molecule has 0 fully saturated rings. The molecule has 0 spiro atoms. The van der Waals surface area contributed by atoms with Gasteiger partial charge in [-0.3, -0.25) is 0 Å². The van der Waals surface area contributed by atoms with Crippen LogP contribution in [0.1, 0.15) is 10.4 Å². The topological polar surface area (TPSA) is 69.1 Å². The molecule has 0 aliphatic rings. The molecule has 0 saturated heterocycles. The summed E-state index contributed by atoms with van der Waals surface area (Å²) in [4.78, 5) is 11.2. The Morgan fingerprint density at radius 2 is 1.75 bits per heavy atom. The van der Waals surface area contributed by atoms with Crippen molar-refractivity contribution in [1.82, 2.24) is 0 Å². The van der Waals surface area contributed by atoms with Gasteiger partial charge in [0.15, 0.2) is 0 Å². The molecule has 0 saturated carbocycles. The van der Waals surface area contributed by atoms with E-state index in [9.17, 15) is 4.79 Å². The second kappa shape index (κ2) is 3.86. The van der Waals surface area contributed by atoms with Gasteiger partial charge in [0.25, 0.3) is 0 Å². The van der Waals surface area contributed by atoms with Crippen molar-refractivity contribution in [3.05, 3.63) is 23.8 Å². The van der Waals surface area contributed by atoms with Crippen LogP contribution in [0, 0.1) is 24.7 Å². The fourth-order valence-electron chi connectivity index (χ4n) is 0.915. The van der Waals surface area contributed by atoms with Gasteiger partial charge in [0.1, 0.15) is 0 Å². The predicted octanol–water partition coefficient (Wildman–Crippen LogP) is 1.00. The number of Topliss-reactive ketones (excluding diaryl/α,β-unsaturated/α-hetero) is 1. The molecule has 0 atom stereocenters. The quantitative estimate of drug-likeness (QED) is 0.612. The first-order valence-corrected chi connectivity index (χ1v) is 5.46. The van der Waals surface area contributed by atoms with Crippen LogP contribution in [0.5, 0.6) is 0 Å². The van der Waals surface area contributed by atoms with E-state index in [1.165, 1.54) is 24.7 Å². The predicted molar refractivity (Wildman–Crippen MR) is 44.4 cm³/mol. The van der Waals surface area contributed by atoms with Crippen LogP contribution in [0.4, 0.5) is 11.4 Å². The summed E-state index contributed by atoms with van der Waals surface area (Å²) in [5.41, 5.74) is 12.7. The van der Waals surface area contributed by atoms with Gasteiger partial charge in [-0.05, 0) is 0 Å². The van der Waals surface area contributed by atoms with Crippen molar-refractivity contribution in [1.29, 1.82) is 0 Å². The SMILES string of the molecule is Nc1cc(N)cc(C(=O)C[At])c1. The molecule has 64 valence electrons. The van der Waals surface area contributed by atoms with E-state index >= 15 is 0 Å². The average molecular weight is 359 g/mol. The molecule has 0 bridgehead atoms. The van der Waals surface area contributed by atoms with Crippen molar-refractivity contribution in [2.75, 3.05) is 11.5 Å². The summed E-state index contributed by atoms with van der Waals surface area (Å²) in [6, 6.07) is 4.94. The van der Waals surface area contributed by atoms with Crippen molar-refractivity contribution >= 4 is 17.2 Å². The van der Waals surface area contributed by atoms with Crippen LogP contribution in [0.25, 0.3) is 0 Å². The number of hydrogen-bond acceptors (Lipinski definition) is 3. The number of nitrogens with two attached hydrogens (primary N) is 2. The summed E-state index contributed by atoms with van der Waals surface area (Å²) in [5, 5.41) is 0. The summed E-state index contributed by atoms with van der Waals surface area (Å²) < 4.78 is 0.531. The zero-order valence-corrected chi connectivity index (χ0v) is 9.32. The van der Waals surface area contributed by atoms with Gasteiger partial charge in [-0.25, -0.2) is 0 Å². The number of carbonyl (C=O) groups excluding carboxylic acids is 1. The molecule has 1 rings (SSSR count). The van der Waals surface area contributed by atoms with E-state index in [4.69, 9.17) is 11.5 Å². The van der Waals surface area contributed by atoms with Crippen LogP contribution < -0.4 is 11.5 Å². The van der Waals surface area contributed by atoms with Crippen LogP contribution in [-0.4, -0.2) is 5.78 Å². The third-order valence-corrected chi connectivity index (χ3v) is 2.36. The molecule has 12 heavy (non-hydrogen) atoms. The van der Waals surface area contributed by atoms with Gasteiger partial charge in [-0.2, -0.15) is 0 Å². The first-order valence-electron chi connectivity index (χ1n) is 3.38. The maximum atomic E-state index is 11.2. The van der Waals surface area contributed by atoms with Gasteiger partial charge in [0.05, 0.1) is 0 Å². The van der Waals surface area contributed by atoms with Crippen LogP contribution in [0.2, 0.25) is 4.13 Å². The molecule has 0 radical (unpaired) electrons. The number of ketones is 1. The van der Waals surface area contributed by atoms with Gasteiger partial charge in [0, 0.05) is 0 Å². The van der Waals surface area contributed by atoms with Gasteiger partial charge < -0.3 is 0 Å². The molecular weight excluding hydrogens is 350 g/mol. The Labute approximate surface area is 86.0 Å². The zero-order valence-electron chi connectivity index (χ0n) is 6.38. The number of nitrogen functional groups attached to an aromatic ring is 2. The third-order valence-electron chi connectivity index (χ3n) is 1.42. The number of benzene rings is 1. The van der Waals surface area contributed by atoms with E-state index in [2.05, 4.69) is 0 Å². The molecule has 0 aliphatic heterocycles. The summed E-state index contributed by atoms with van der Waals surface area (Å²) in [5.74, 6) is 0.0886. The van der Waals surface area contributed by atoms with Crippen LogP contribution >= 0.6 is 0 Å². The van der Waals surface area contributed by atoms with Crippen molar-refractivity contribution < 1.29 is 29.5 Å². The van der Waals surface area contributed by atoms with E-state index in [1.807, 2.05) is 0 Å². The Morgan fingerprint density at radius 3 is 2.17 bits per heavy atom. The summed E-state index contributed by atoms with van der Waals surface area (Å²) in [6.45, 7) is 0. The summed E-state index contributed by atoms with van der Waals surface area (Å²) >= 11 is 1.43. The zero-order chi connectivity index (χ0) is 9.14. The van der Waals surface area contributed by atoms with E-state index in [-0.39, 0.29) is 5.78 Å². The second-order valence-corrected chi connectivity index (χ2v) is 3.48. The molecule has 1 aromatic carbocycles. The van der Waals surface area contributed by atoms with E-state index in [0.717, 1.165) is 0 Å². The second-order valence-electron chi connectivity index (χ2n) is 2.45. The molecule has 4 N–H and O–H groups in total. The van der Waals surface area contributed by atoms with Gasteiger partial charge >= 0.3 is 86.0 Å². The first-order chi connectivity index (χ1) is 5.63. The Bertz CT molecular complexity index is 292. The van der Waals surface area contributed by atoms with Crippen molar-refractivity contribution in [2.24, 2.45) is 0 Å². The standard InChI is InChI=1S/C8H9AtN2O/c9-4-8(12)5-1-6(10)3-7(11)2-5/h1-3H,4,10-11H2. The van der Waals surface area contributed by atoms with E-state index in [0.29, 0.717) is 21.1 Å². The fraction of sp³-hybridized carbons (Fsp3) is 0.125.